The third-order valence-corrected chi connectivity index (χ3v) is 5.64. The summed E-state index contributed by atoms with van der Waals surface area (Å²) >= 11 is -1.29. The number of fused-ring (bicyclic) bond motifs is 1. The molecule has 4 rings (SSSR count). The summed E-state index contributed by atoms with van der Waals surface area (Å²) in [5, 5.41) is 11.5. The van der Waals surface area contributed by atoms with Gasteiger partial charge in [0.25, 0.3) is 0 Å². The van der Waals surface area contributed by atoms with E-state index in [2.05, 4.69) is 35.5 Å². The van der Waals surface area contributed by atoms with Crippen molar-refractivity contribution in [2.24, 2.45) is 0 Å². The van der Waals surface area contributed by atoms with Crippen LogP contribution in [0.5, 0.6) is 0 Å². The highest BCUT2D eigenvalue weighted by molar-refractivity contribution is 7.90. The molecule has 3 aromatic heterocycles. The Balaban J connectivity index is 1.42. The number of carbonyl (C=O) groups is 1. The van der Waals surface area contributed by atoms with E-state index < -0.39 is 16.8 Å². The van der Waals surface area contributed by atoms with Gasteiger partial charge in [-0.3, -0.25) is 5.10 Å². The van der Waals surface area contributed by atoms with Crippen molar-refractivity contribution >= 4 is 34.3 Å². The van der Waals surface area contributed by atoms with Gasteiger partial charge in [0.15, 0.2) is 5.65 Å². The van der Waals surface area contributed by atoms with Gasteiger partial charge in [0.05, 0.1) is 11.1 Å². The molecule has 32 heavy (non-hydrogen) atoms. The number of amides is 1. The van der Waals surface area contributed by atoms with E-state index in [0.29, 0.717) is 41.5 Å². The summed E-state index contributed by atoms with van der Waals surface area (Å²) in [4.78, 5) is 31.2. The van der Waals surface area contributed by atoms with Gasteiger partial charge in [-0.05, 0) is 39.7 Å². The second-order valence-electron chi connectivity index (χ2n) is 8.59. The number of carbonyl (C=O) groups excluding carboxylic acids is 1. The monoisotopic (exact) mass is 458 g/mol. The summed E-state index contributed by atoms with van der Waals surface area (Å²) in [7, 11) is 0. The maximum absolute atomic E-state index is 12.2. The van der Waals surface area contributed by atoms with Crippen molar-refractivity contribution in [3.05, 3.63) is 18.5 Å². The predicted octanol–water partition coefficient (Wildman–Crippen LogP) is 2.36. The smallest absolute Gasteiger partial charge is 0.410 e. The van der Waals surface area contributed by atoms with E-state index in [4.69, 9.17) is 4.74 Å². The minimum Gasteiger partial charge on any atom is -0.609 e. The SMILES string of the molecule is C[S+]([O-])c1nccc(-c2n[nH]c3nc(NC4CCN(C(=O)OC(C)(C)C)CC4)ncc23)n1. The number of likely N-dealkylation sites (tertiary alicyclic amines) is 1. The minimum atomic E-state index is -1.29. The molecule has 12 heteroatoms. The number of piperidine rings is 1. The number of aromatic nitrogens is 6. The van der Waals surface area contributed by atoms with Gasteiger partial charge in [-0.2, -0.15) is 20.1 Å². The van der Waals surface area contributed by atoms with Crippen LogP contribution in [0.4, 0.5) is 10.7 Å². The maximum atomic E-state index is 12.2. The summed E-state index contributed by atoms with van der Waals surface area (Å²) in [6.07, 6.45) is 6.03. The number of ether oxygens (including phenoxy) is 1. The quantitative estimate of drug-likeness (QED) is 0.444. The van der Waals surface area contributed by atoms with Crippen molar-refractivity contribution in [2.75, 3.05) is 24.7 Å². The van der Waals surface area contributed by atoms with Crippen LogP contribution in [0.25, 0.3) is 22.4 Å². The lowest BCUT2D eigenvalue weighted by atomic mass is 10.1. The van der Waals surface area contributed by atoms with E-state index in [-0.39, 0.29) is 17.3 Å². The average molecular weight is 459 g/mol. The number of H-pyrrole nitrogens is 1. The van der Waals surface area contributed by atoms with Crippen LogP contribution in [0.1, 0.15) is 33.6 Å². The zero-order chi connectivity index (χ0) is 22.9. The van der Waals surface area contributed by atoms with Crippen LogP contribution in [-0.2, 0) is 15.9 Å². The third-order valence-electron chi connectivity index (χ3n) is 4.93. The molecule has 1 aliphatic heterocycles. The first-order chi connectivity index (χ1) is 15.2. The fourth-order valence-electron chi connectivity index (χ4n) is 3.40. The van der Waals surface area contributed by atoms with Gasteiger partial charge in [-0.1, -0.05) is 0 Å². The van der Waals surface area contributed by atoms with E-state index in [1.54, 1.807) is 23.4 Å². The molecule has 0 aliphatic carbocycles. The molecular formula is C20H26N8O3S. The molecule has 0 spiro atoms. The Labute approximate surface area is 188 Å². The largest absolute Gasteiger partial charge is 0.609 e. The molecule has 0 aromatic carbocycles. The molecule has 1 unspecified atom stereocenters. The summed E-state index contributed by atoms with van der Waals surface area (Å²) < 4.78 is 17.1. The summed E-state index contributed by atoms with van der Waals surface area (Å²) in [6.45, 7) is 6.81. The first kappa shape index (κ1) is 22.2. The van der Waals surface area contributed by atoms with Crippen LogP contribution in [0.3, 0.4) is 0 Å². The fourth-order valence-corrected chi connectivity index (χ4v) is 3.84. The van der Waals surface area contributed by atoms with Crippen LogP contribution >= 0.6 is 0 Å². The molecule has 11 nitrogen and oxygen atoms in total. The first-order valence-corrected chi connectivity index (χ1v) is 11.9. The lowest BCUT2D eigenvalue weighted by Gasteiger charge is -2.33. The van der Waals surface area contributed by atoms with Gasteiger partial charge in [-0.15, -0.1) is 0 Å². The first-order valence-electron chi connectivity index (χ1n) is 10.3. The molecular weight excluding hydrogens is 432 g/mol. The van der Waals surface area contributed by atoms with Gasteiger partial charge >= 0.3 is 11.2 Å². The normalized spacial score (nSPS) is 16.2. The molecule has 3 aromatic rings. The van der Waals surface area contributed by atoms with Crippen molar-refractivity contribution in [3.63, 3.8) is 0 Å². The average Bonchev–Trinajstić information content (AvgIpc) is 3.16. The number of hydrogen-bond acceptors (Lipinski definition) is 9. The van der Waals surface area contributed by atoms with E-state index in [1.165, 1.54) is 6.26 Å². The van der Waals surface area contributed by atoms with Crippen LogP contribution in [0, 0.1) is 0 Å². The molecule has 2 N–H and O–H groups in total. The number of anilines is 1. The Kier molecular flexibility index (Phi) is 6.15. The van der Waals surface area contributed by atoms with Crippen molar-refractivity contribution in [3.8, 4) is 11.4 Å². The minimum absolute atomic E-state index is 0.150. The second kappa shape index (κ2) is 8.87. The number of rotatable bonds is 4. The van der Waals surface area contributed by atoms with Gasteiger partial charge in [0, 0.05) is 42.7 Å². The van der Waals surface area contributed by atoms with Gasteiger partial charge in [-0.25, -0.2) is 9.78 Å². The van der Waals surface area contributed by atoms with Crippen LogP contribution in [0.15, 0.2) is 23.6 Å². The van der Waals surface area contributed by atoms with Crippen molar-refractivity contribution in [2.45, 2.75) is 50.4 Å². The standard InChI is InChI=1S/C20H26N8O3S/c1-20(2,3)31-19(29)28-9-6-12(7-10-28)23-17-22-11-13-15(26-27-16(13)25-17)14-5-8-21-18(24-14)32(4)30/h5,8,11-12H,6-7,9-10H2,1-4H3,(H2,22,23,25,26,27). The third kappa shape index (κ3) is 5.07. The highest BCUT2D eigenvalue weighted by atomic mass is 32.2. The molecule has 0 saturated carbocycles. The molecule has 1 amide bonds. The summed E-state index contributed by atoms with van der Waals surface area (Å²) in [6, 6.07) is 1.86. The molecule has 1 aliphatic rings. The lowest BCUT2D eigenvalue weighted by Crippen LogP contribution is -2.44. The highest BCUT2D eigenvalue weighted by Crippen LogP contribution is 2.25. The Morgan fingerprint density at radius 1 is 1.28 bits per heavy atom. The van der Waals surface area contributed by atoms with Crippen molar-refractivity contribution < 1.29 is 14.1 Å². The molecule has 1 atom stereocenters. The van der Waals surface area contributed by atoms with Crippen molar-refractivity contribution in [1.82, 2.24) is 35.0 Å². The number of nitrogens with one attached hydrogen (secondary N) is 2. The van der Waals surface area contributed by atoms with Crippen LogP contribution in [0.2, 0.25) is 0 Å². The number of hydrogen-bond donors (Lipinski definition) is 2. The van der Waals surface area contributed by atoms with Gasteiger partial charge < -0.3 is 19.5 Å². The Hall–Kier alpha value is -2.99. The highest BCUT2D eigenvalue weighted by Gasteiger charge is 2.27. The fraction of sp³-hybridized carbons (Fsp3) is 0.500. The Morgan fingerprint density at radius 2 is 2.03 bits per heavy atom. The topological polar surface area (TPSA) is 145 Å². The van der Waals surface area contributed by atoms with E-state index >= 15 is 0 Å². The molecule has 4 heterocycles. The molecule has 1 saturated heterocycles. The van der Waals surface area contributed by atoms with Gasteiger partial charge in [0.2, 0.25) is 5.95 Å². The molecule has 0 radical (unpaired) electrons. The second-order valence-corrected chi connectivity index (χ2v) is 9.87. The zero-order valence-corrected chi connectivity index (χ0v) is 19.3. The molecule has 170 valence electrons. The summed E-state index contributed by atoms with van der Waals surface area (Å²) in [5.41, 5.74) is 1.20. The van der Waals surface area contributed by atoms with E-state index in [1.807, 2.05) is 20.8 Å². The van der Waals surface area contributed by atoms with Crippen LogP contribution < -0.4 is 5.32 Å². The lowest BCUT2D eigenvalue weighted by molar-refractivity contribution is 0.0210. The summed E-state index contributed by atoms with van der Waals surface area (Å²) in [5.74, 6) is 0.487. The van der Waals surface area contributed by atoms with E-state index in [9.17, 15) is 9.35 Å². The number of nitrogens with zero attached hydrogens (tertiary/aromatic N) is 6. The van der Waals surface area contributed by atoms with Crippen molar-refractivity contribution in [1.29, 1.82) is 0 Å². The predicted molar refractivity (Wildman–Crippen MR) is 119 cm³/mol. The van der Waals surface area contributed by atoms with Gasteiger partial charge in [0.1, 0.15) is 17.6 Å². The van der Waals surface area contributed by atoms with E-state index in [0.717, 1.165) is 12.8 Å². The zero-order valence-electron chi connectivity index (χ0n) is 18.5. The number of aromatic amines is 1. The Bertz CT molecular complexity index is 1110. The van der Waals surface area contributed by atoms with Crippen LogP contribution in [-0.4, -0.2) is 76.7 Å². The maximum Gasteiger partial charge on any atom is 0.410 e. The molecule has 1 fully saturated rings. The Morgan fingerprint density at radius 3 is 2.72 bits per heavy atom. The molecule has 0 bridgehead atoms.